The molecule has 0 rings (SSSR count). The van der Waals surface area contributed by atoms with Crippen LogP contribution in [0.25, 0.3) is 0 Å². The van der Waals surface area contributed by atoms with Crippen LogP contribution in [0.15, 0.2) is 0 Å². The summed E-state index contributed by atoms with van der Waals surface area (Å²) < 4.78 is -17.4. The third-order valence-electron chi connectivity index (χ3n) is 4.66. The predicted molar refractivity (Wildman–Crippen MR) is 212 cm³/mol. The Bertz CT molecular complexity index is 1040. The highest BCUT2D eigenvalue weighted by Crippen LogP contribution is 2.76. The van der Waals surface area contributed by atoms with E-state index in [1.807, 2.05) is 0 Å². The minimum Gasteiger partial charge on any atom is -0.288 e. The Morgan fingerprint density at radius 2 is 0.311 bits per heavy atom. The molecule has 0 aliphatic heterocycles. The van der Waals surface area contributed by atoms with Crippen LogP contribution in [0.4, 0.5) is 0 Å². The van der Waals surface area contributed by atoms with E-state index in [0.29, 0.717) is 0 Å². The lowest BCUT2D eigenvalue weighted by Crippen LogP contribution is -2.74. The van der Waals surface area contributed by atoms with Gasteiger partial charge in [-0.3, -0.25) is 4.55 Å². The fourth-order valence-corrected chi connectivity index (χ4v) is 11.0. The topological polar surface area (TPSA) is 54.4 Å². The summed E-state index contributed by atoms with van der Waals surface area (Å²) in [7, 11) is -3.12. The number of thiol groups is 1. The van der Waals surface area contributed by atoms with Gasteiger partial charge in [-0.15, -0.1) is 0 Å². The van der Waals surface area contributed by atoms with Crippen molar-refractivity contribution in [2.75, 3.05) is 0 Å². The van der Waals surface area contributed by atoms with Gasteiger partial charge in [0, 0.05) is 0 Å². The molecule has 0 aliphatic carbocycles. The second kappa shape index (κ2) is 17.1. The molecule has 0 spiro atoms. The number of hydrogen-bond donors (Lipinski definition) is 2. The van der Waals surface area contributed by atoms with Crippen LogP contribution >= 0.6 is 325 Å². The summed E-state index contributed by atoms with van der Waals surface area (Å²) in [5.41, 5.74) is 0. The van der Waals surface area contributed by atoms with E-state index in [0.717, 1.165) is 0 Å². The lowest BCUT2D eigenvalue weighted by Gasteiger charge is -2.57. The van der Waals surface area contributed by atoms with Gasteiger partial charge < -0.3 is 0 Å². The maximum atomic E-state index is 8.59. The van der Waals surface area contributed by atoms with E-state index >= 15 is 0 Å². The molecule has 0 heterocycles. The molecular weight excluding hydrogens is 1230 g/mol. The van der Waals surface area contributed by atoms with E-state index in [2.05, 4.69) is 0 Å². The predicted octanol–water partition coefficient (Wildman–Crippen LogP) is 15.7. The molecule has 0 saturated carbocycles. The Kier molecular flexibility index (Phi) is 20.9. The van der Waals surface area contributed by atoms with Crippen LogP contribution in [0, 0.1) is 0 Å². The van der Waals surface area contributed by atoms with Gasteiger partial charge in [0.2, 0.25) is 16.3 Å². The fraction of sp³-hybridized carbons (Fsp3) is 1.00. The third-order valence-corrected chi connectivity index (χ3v) is 23.9. The quantitative estimate of drug-likeness (QED) is 0.130. The van der Waals surface area contributed by atoms with Crippen molar-refractivity contribution < 1.29 is 13.0 Å². The van der Waals surface area contributed by atoms with E-state index in [9.17, 15) is 0 Å². The number of alkyl halides is 28. The molecule has 0 unspecified atom stereocenters. The largest absolute Gasteiger partial charge is 0.288 e. The summed E-state index contributed by atoms with van der Waals surface area (Å²) in [5, 5.41) is 0. The first kappa shape index (κ1) is 55.1. The van der Waals surface area contributed by atoms with Crippen LogP contribution < -0.4 is 0 Å². The lowest BCUT2D eigenvalue weighted by atomic mass is 9.98. The molecule has 1 N–H and O–H groups in total. The van der Waals surface area contributed by atoms with Crippen molar-refractivity contribution in [1.82, 2.24) is 0 Å². The molecule has 0 radical (unpaired) electrons. The van der Waals surface area contributed by atoms with Gasteiger partial charge in [0.15, 0.2) is 39.0 Å². The Balaban J connectivity index is 0. The smallest absolute Gasteiger partial charge is 0.254 e. The van der Waals surface area contributed by atoms with Crippen molar-refractivity contribution >= 4 is 336 Å². The van der Waals surface area contributed by atoms with Gasteiger partial charge in [0.25, 0.3) is 11.0 Å². The Labute approximate surface area is 397 Å². The van der Waals surface area contributed by atoms with Crippen LogP contribution in [0.1, 0.15) is 0 Å². The monoisotopic (exact) mass is 1220 g/mol. The van der Waals surface area contributed by atoms with Crippen LogP contribution in [0.3, 0.4) is 0 Å². The van der Waals surface area contributed by atoms with Gasteiger partial charge in [-0.25, -0.2) is 8.42 Å². The fourth-order valence-electron chi connectivity index (χ4n) is 2.13. The number of halogens is 28. The lowest BCUT2D eigenvalue weighted by molar-refractivity contribution is 0.412. The molecule has 274 valence electrons. The Morgan fingerprint density at radius 3 is 0.378 bits per heavy atom. The van der Waals surface area contributed by atoms with Gasteiger partial charge >= 0.3 is 0 Å². The summed E-state index contributed by atoms with van der Waals surface area (Å²) in [6.45, 7) is 0. The first-order chi connectivity index (χ1) is 18.7. The van der Waals surface area contributed by atoms with Gasteiger partial charge in [-0.1, -0.05) is 325 Å². The van der Waals surface area contributed by atoms with Gasteiger partial charge in [0.05, 0.1) is 0 Å². The summed E-state index contributed by atoms with van der Waals surface area (Å²) in [4.78, 5) is 0. The Morgan fingerprint density at radius 1 is 0.244 bits per heavy atom. The molecular formula is C13H2Cl28O3S. The van der Waals surface area contributed by atoms with Crippen molar-refractivity contribution in [2.45, 2.75) is 55.3 Å². The van der Waals surface area contributed by atoms with E-state index in [-0.39, 0.29) is 0 Å². The summed E-state index contributed by atoms with van der Waals surface area (Å²) in [6, 6.07) is 0. The summed E-state index contributed by atoms with van der Waals surface area (Å²) in [6.07, 6.45) is 0. The molecule has 0 aliphatic rings. The number of hydrogen-bond acceptors (Lipinski definition) is 2. The van der Waals surface area contributed by atoms with E-state index in [4.69, 9.17) is 338 Å². The standard InChI is InChI=1S/C13Cl28.H2O3S/c14-1(15,2(16,17)4(20,21)6(24,25)8(28,29)10(32,33)12(36,37)38)3(18,19)5(22,23)7(26,27)9(30,31)11(34,35)13(39,40)41;1-4(2)3/h;4H,(H,1,2,3). The van der Waals surface area contributed by atoms with Crippen molar-refractivity contribution in [3.8, 4) is 0 Å². The van der Waals surface area contributed by atoms with E-state index in [1.165, 1.54) is 0 Å². The van der Waals surface area contributed by atoms with Crippen LogP contribution in [0.5, 0.6) is 0 Å². The number of rotatable bonds is 10. The average molecular weight is 1230 g/mol. The first-order valence-electron chi connectivity index (χ1n) is 8.86. The molecule has 0 aromatic heterocycles. The molecule has 0 amide bonds. The van der Waals surface area contributed by atoms with Crippen molar-refractivity contribution in [2.24, 2.45) is 0 Å². The first-order valence-corrected chi connectivity index (χ1v) is 20.6. The zero-order valence-electron chi connectivity index (χ0n) is 18.8. The molecule has 0 saturated heterocycles. The molecule has 0 atom stereocenters. The molecule has 0 aromatic rings. The molecule has 3 nitrogen and oxygen atoms in total. The highest BCUT2D eigenvalue weighted by atomic mass is 35.6. The second-order valence-corrected chi connectivity index (χ2v) is 27.2. The maximum absolute atomic E-state index is 8.59. The van der Waals surface area contributed by atoms with Gasteiger partial charge in [-0.05, 0) is 0 Å². The second-order valence-electron chi connectivity index (χ2n) is 7.55. The zero-order valence-corrected chi connectivity index (χ0v) is 40.9. The minimum atomic E-state index is -3.44. The maximum Gasteiger partial charge on any atom is 0.254 e. The summed E-state index contributed by atoms with van der Waals surface area (Å²) in [5.74, 6) is 0. The van der Waals surface area contributed by atoms with E-state index in [1.54, 1.807) is 0 Å². The highest BCUT2D eigenvalue weighted by Gasteiger charge is 2.86. The van der Waals surface area contributed by atoms with Gasteiger partial charge in [0.1, 0.15) is 0 Å². The zero-order chi connectivity index (χ0) is 38.1. The van der Waals surface area contributed by atoms with Crippen LogP contribution in [-0.2, 0) is 11.0 Å². The van der Waals surface area contributed by atoms with Crippen LogP contribution in [-0.4, -0.2) is 68.2 Å². The SMILES string of the molecule is ClC(Cl)(Cl)C(Cl)(Cl)C(Cl)(Cl)C(Cl)(Cl)C(Cl)(Cl)C(Cl)(Cl)C(Cl)(Cl)C(Cl)(Cl)C(Cl)(Cl)C(Cl)(Cl)C(Cl)(Cl)C(Cl)(Cl)C(Cl)(Cl)Cl.O=[SH](=O)O. The average Bonchev–Trinajstić information content (AvgIpc) is 2.75. The highest BCUT2D eigenvalue weighted by molar-refractivity contribution is 7.66. The molecule has 45 heavy (non-hydrogen) atoms. The van der Waals surface area contributed by atoms with Gasteiger partial charge in [-0.2, -0.15) is 0 Å². The van der Waals surface area contributed by atoms with Crippen molar-refractivity contribution in [1.29, 1.82) is 0 Å². The molecule has 0 aromatic carbocycles. The van der Waals surface area contributed by atoms with Crippen molar-refractivity contribution in [3.63, 3.8) is 0 Å². The van der Waals surface area contributed by atoms with Crippen LogP contribution in [0.2, 0.25) is 0 Å². The third kappa shape index (κ3) is 9.67. The molecule has 32 heteroatoms. The minimum absolute atomic E-state index is 2.78. The van der Waals surface area contributed by atoms with E-state index < -0.39 is 66.2 Å². The molecule has 0 fully saturated rings. The Hall–Kier alpha value is 8.03. The summed E-state index contributed by atoms with van der Waals surface area (Å²) >= 11 is 173. The molecule has 0 bridgehead atoms. The normalized spacial score (nSPS) is 16.5. The van der Waals surface area contributed by atoms with Crippen molar-refractivity contribution in [3.05, 3.63) is 0 Å².